The fraction of sp³-hybridized carbons (Fsp3) is 1.00. The third-order valence-corrected chi connectivity index (χ3v) is 6.39. The molecule has 0 saturated heterocycles. The van der Waals surface area contributed by atoms with Gasteiger partial charge in [-0.05, 0) is 24.7 Å². The second-order valence-corrected chi connectivity index (χ2v) is 8.73. The molecule has 0 bridgehead atoms. The Kier molecular flexibility index (Phi) is 14.5. The van der Waals surface area contributed by atoms with Crippen LogP contribution in [0.3, 0.4) is 0 Å². The van der Waals surface area contributed by atoms with Crippen LogP contribution >= 0.6 is 7.60 Å². The highest BCUT2D eigenvalue weighted by Gasteiger charge is 2.26. The molecule has 0 radical (unpaired) electrons. The van der Waals surface area contributed by atoms with E-state index in [1.807, 2.05) is 0 Å². The van der Waals surface area contributed by atoms with Crippen molar-refractivity contribution in [3.63, 3.8) is 0 Å². The Morgan fingerprint density at radius 1 is 0.870 bits per heavy atom. The molecule has 4 nitrogen and oxygen atoms in total. The molecule has 5 heteroatoms. The lowest BCUT2D eigenvalue weighted by molar-refractivity contribution is 0.151. The van der Waals surface area contributed by atoms with Crippen LogP contribution in [0.1, 0.15) is 79.1 Å². The Hall–Kier alpha value is 0.110. The molecule has 0 aliphatic heterocycles. The molecule has 2 atom stereocenters. The highest BCUT2D eigenvalue weighted by atomic mass is 31.2. The molecule has 0 spiro atoms. The van der Waals surface area contributed by atoms with Gasteiger partial charge in [-0.15, -0.1) is 0 Å². The molecule has 0 saturated carbocycles. The van der Waals surface area contributed by atoms with Crippen LogP contribution in [0.2, 0.25) is 0 Å². The summed E-state index contributed by atoms with van der Waals surface area (Å²) in [5.74, 6) is 0.929. The first-order valence-corrected chi connectivity index (χ1v) is 11.4. The Bertz CT molecular complexity index is 289. The van der Waals surface area contributed by atoms with Crippen molar-refractivity contribution in [3.8, 4) is 0 Å². The Balaban J connectivity index is 4.44. The molecule has 140 valence electrons. The molecule has 2 N–H and O–H groups in total. The van der Waals surface area contributed by atoms with Crippen molar-refractivity contribution >= 4 is 7.60 Å². The molecule has 2 unspecified atom stereocenters. The first-order chi connectivity index (χ1) is 11.0. The van der Waals surface area contributed by atoms with E-state index in [9.17, 15) is 4.57 Å². The molecule has 23 heavy (non-hydrogen) atoms. The average molecular weight is 349 g/mol. The monoisotopic (exact) mass is 349 g/mol. The third kappa shape index (κ3) is 11.3. The molecule has 0 aliphatic carbocycles. The van der Waals surface area contributed by atoms with Gasteiger partial charge < -0.3 is 14.8 Å². The summed E-state index contributed by atoms with van der Waals surface area (Å²) in [4.78, 5) is 0. The molecule has 0 fully saturated rings. The number of nitrogens with two attached hydrogens (primary N) is 1. The lowest BCUT2D eigenvalue weighted by Gasteiger charge is -2.23. The van der Waals surface area contributed by atoms with Gasteiger partial charge in [0.15, 0.2) is 0 Å². The molecule has 0 heterocycles. The number of unbranched alkanes of at least 4 members (excludes halogenated alkanes) is 2. The molecule has 0 aromatic rings. The van der Waals surface area contributed by atoms with Crippen LogP contribution in [-0.4, -0.2) is 25.9 Å². The Morgan fingerprint density at radius 3 is 1.61 bits per heavy atom. The minimum atomic E-state index is -3.04. The maximum Gasteiger partial charge on any atom is 0.331 e. The third-order valence-electron chi connectivity index (χ3n) is 4.50. The Labute approximate surface area is 144 Å². The van der Waals surface area contributed by atoms with Crippen molar-refractivity contribution < 1.29 is 13.6 Å². The maximum absolute atomic E-state index is 12.9. The molecule has 0 aromatic heterocycles. The first kappa shape index (κ1) is 23.1. The highest BCUT2D eigenvalue weighted by molar-refractivity contribution is 7.53. The summed E-state index contributed by atoms with van der Waals surface area (Å²) in [6.45, 7) is 10.1. The van der Waals surface area contributed by atoms with Crippen molar-refractivity contribution in [3.05, 3.63) is 0 Å². The number of hydrogen-bond donors (Lipinski definition) is 1. The van der Waals surface area contributed by atoms with E-state index < -0.39 is 7.60 Å². The van der Waals surface area contributed by atoms with Gasteiger partial charge in [0.2, 0.25) is 0 Å². The minimum Gasteiger partial charge on any atom is -0.330 e. The van der Waals surface area contributed by atoms with E-state index in [2.05, 4.69) is 27.7 Å². The van der Waals surface area contributed by atoms with Crippen molar-refractivity contribution in [1.82, 2.24) is 0 Å². The van der Waals surface area contributed by atoms with Crippen molar-refractivity contribution in [2.75, 3.05) is 25.9 Å². The summed E-state index contributed by atoms with van der Waals surface area (Å²) in [6.07, 6.45) is 9.44. The van der Waals surface area contributed by atoms with Gasteiger partial charge in [0.05, 0.1) is 19.4 Å². The van der Waals surface area contributed by atoms with Gasteiger partial charge in [-0.1, -0.05) is 66.2 Å². The van der Waals surface area contributed by atoms with E-state index in [1.54, 1.807) is 0 Å². The predicted octanol–water partition coefficient (Wildman–Crippen LogP) is 5.60. The van der Waals surface area contributed by atoms with E-state index in [-0.39, 0.29) is 0 Å². The second kappa shape index (κ2) is 14.5. The van der Waals surface area contributed by atoms with Crippen LogP contribution in [-0.2, 0) is 13.6 Å². The van der Waals surface area contributed by atoms with E-state index >= 15 is 0 Å². The molecule has 0 rings (SSSR count). The zero-order valence-corrected chi connectivity index (χ0v) is 16.8. The normalized spacial score (nSPS) is 16.9. The predicted molar refractivity (Wildman–Crippen MR) is 100 cm³/mol. The van der Waals surface area contributed by atoms with Crippen molar-refractivity contribution in [2.45, 2.75) is 79.1 Å². The minimum absolute atomic E-state index is 0.321. The van der Waals surface area contributed by atoms with Crippen LogP contribution in [0.25, 0.3) is 0 Å². The van der Waals surface area contributed by atoms with Crippen LogP contribution < -0.4 is 5.73 Å². The van der Waals surface area contributed by atoms with Crippen LogP contribution in [0.5, 0.6) is 0 Å². The number of rotatable bonds is 16. The number of hydrogen-bond acceptors (Lipinski definition) is 4. The van der Waals surface area contributed by atoms with Gasteiger partial charge in [-0.2, -0.15) is 0 Å². The Morgan fingerprint density at radius 2 is 1.30 bits per heavy atom. The smallest absolute Gasteiger partial charge is 0.330 e. The fourth-order valence-corrected chi connectivity index (χ4v) is 4.08. The molecular formula is C18H40NO3P. The largest absolute Gasteiger partial charge is 0.331 e. The lowest BCUT2D eigenvalue weighted by Crippen LogP contribution is -2.16. The topological polar surface area (TPSA) is 61.5 Å². The first-order valence-electron chi connectivity index (χ1n) is 9.63. The fourth-order valence-electron chi connectivity index (χ4n) is 2.56. The second-order valence-electron chi connectivity index (χ2n) is 6.55. The van der Waals surface area contributed by atoms with Gasteiger partial charge in [0.1, 0.15) is 0 Å². The van der Waals surface area contributed by atoms with Crippen LogP contribution in [0.15, 0.2) is 0 Å². The van der Waals surface area contributed by atoms with Crippen LogP contribution in [0.4, 0.5) is 0 Å². The van der Waals surface area contributed by atoms with E-state index in [1.165, 1.54) is 25.7 Å². The summed E-state index contributed by atoms with van der Waals surface area (Å²) < 4.78 is 24.4. The van der Waals surface area contributed by atoms with E-state index in [0.717, 1.165) is 25.7 Å². The van der Waals surface area contributed by atoms with Gasteiger partial charge in [0.25, 0.3) is 0 Å². The van der Waals surface area contributed by atoms with E-state index in [0.29, 0.717) is 37.8 Å². The summed E-state index contributed by atoms with van der Waals surface area (Å²) in [6, 6.07) is 0. The average Bonchev–Trinajstić information content (AvgIpc) is 2.55. The summed E-state index contributed by atoms with van der Waals surface area (Å²) in [7, 11) is -3.04. The highest BCUT2D eigenvalue weighted by Crippen LogP contribution is 2.48. The summed E-state index contributed by atoms with van der Waals surface area (Å²) >= 11 is 0. The quantitative estimate of drug-likeness (QED) is 0.368. The van der Waals surface area contributed by atoms with Crippen LogP contribution in [0, 0.1) is 11.8 Å². The van der Waals surface area contributed by atoms with Crippen molar-refractivity contribution in [1.29, 1.82) is 0 Å². The van der Waals surface area contributed by atoms with Crippen molar-refractivity contribution in [2.24, 2.45) is 17.6 Å². The van der Waals surface area contributed by atoms with E-state index in [4.69, 9.17) is 14.8 Å². The zero-order valence-electron chi connectivity index (χ0n) is 15.9. The molecule has 0 amide bonds. The maximum atomic E-state index is 12.9. The SMILES string of the molecule is CCCCC(CC)COP(=O)(CCN)OCC(CC)CCCC. The van der Waals surface area contributed by atoms with Gasteiger partial charge in [-0.25, -0.2) is 0 Å². The van der Waals surface area contributed by atoms with Gasteiger partial charge in [0, 0.05) is 6.54 Å². The lowest BCUT2D eigenvalue weighted by atomic mass is 10.0. The van der Waals surface area contributed by atoms with Gasteiger partial charge in [-0.3, -0.25) is 4.57 Å². The zero-order chi connectivity index (χ0) is 17.6. The standard InChI is InChI=1S/C18H40NO3P/c1-5-9-11-17(7-3)15-21-23(20,14-13-19)22-16-18(8-4)12-10-6-2/h17-18H,5-16,19H2,1-4H3. The molecular weight excluding hydrogens is 309 g/mol. The van der Waals surface area contributed by atoms with Gasteiger partial charge >= 0.3 is 7.60 Å². The summed E-state index contributed by atoms with van der Waals surface area (Å²) in [5, 5.41) is 0. The molecule has 0 aliphatic rings. The summed E-state index contributed by atoms with van der Waals surface area (Å²) in [5.41, 5.74) is 5.62. The molecule has 0 aromatic carbocycles.